The summed E-state index contributed by atoms with van der Waals surface area (Å²) >= 11 is 1.75. The molecule has 0 radical (unpaired) electrons. The quantitative estimate of drug-likeness (QED) is 0.192. The summed E-state index contributed by atoms with van der Waals surface area (Å²) < 4.78 is 6.92. The third-order valence-corrected chi connectivity index (χ3v) is 10.8. The number of benzene rings is 6. The van der Waals surface area contributed by atoms with Crippen molar-refractivity contribution in [2.45, 2.75) is 0 Å². The van der Waals surface area contributed by atoms with Gasteiger partial charge in [0.2, 0.25) is 5.95 Å². The number of para-hydroxylation sites is 4. The molecule has 5 aromatic heterocycles. The van der Waals surface area contributed by atoms with Gasteiger partial charge in [-0.25, -0.2) is 19.9 Å². The molecule has 0 aliphatic carbocycles. The smallest absolute Gasteiger partial charge is 0.235 e. The minimum absolute atomic E-state index is 0.625. The fourth-order valence-electron chi connectivity index (χ4n) is 7.70. The van der Waals surface area contributed by atoms with E-state index in [4.69, 9.17) is 15.0 Å². The van der Waals surface area contributed by atoms with Crippen LogP contribution in [0.25, 0.3) is 97.7 Å². The molecule has 0 aliphatic heterocycles. The van der Waals surface area contributed by atoms with Gasteiger partial charge in [-0.05, 0) is 30.3 Å². The van der Waals surface area contributed by atoms with Crippen LogP contribution in [0, 0.1) is 0 Å². The van der Waals surface area contributed by atoms with Crippen LogP contribution in [0.2, 0.25) is 0 Å². The van der Waals surface area contributed by atoms with Gasteiger partial charge in [-0.1, -0.05) is 103 Å². The van der Waals surface area contributed by atoms with Gasteiger partial charge in [0.25, 0.3) is 0 Å². The zero-order valence-corrected chi connectivity index (χ0v) is 26.8. The van der Waals surface area contributed by atoms with Crippen molar-refractivity contribution in [3.63, 3.8) is 0 Å². The summed E-state index contributed by atoms with van der Waals surface area (Å²) in [5, 5.41) is 6.82. The lowest BCUT2D eigenvalue weighted by molar-refractivity contribution is 1.02. The summed E-state index contributed by atoms with van der Waals surface area (Å²) in [6.07, 6.45) is 3.60. The SMILES string of the molecule is c1ccc(-c2nc(-n3c4ccccc4c4c5c(c6ccccc6n5-c5ccccc5)c5sc6cncnc6c5c43)nc3ccccc23)cc1. The van der Waals surface area contributed by atoms with E-state index in [1.807, 2.05) is 18.3 Å². The molecule has 0 fully saturated rings. The predicted octanol–water partition coefficient (Wildman–Crippen LogP) is 10.6. The first kappa shape index (κ1) is 26.6. The first-order chi connectivity index (χ1) is 24.3. The monoisotopic (exact) mass is 644 g/mol. The average molecular weight is 645 g/mol. The van der Waals surface area contributed by atoms with Crippen molar-refractivity contribution in [1.29, 1.82) is 0 Å². The molecule has 7 heteroatoms. The summed E-state index contributed by atoms with van der Waals surface area (Å²) in [5.41, 5.74) is 9.30. The summed E-state index contributed by atoms with van der Waals surface area (Å²) in [7, 11) is 0. The minimum atomic E-state index is 0.625. The van der Waals surface area contributed by atoms with E-state index >= 15 is 0 Å². The number of nitrogens with zero attached hydrogens (tertiary/aromatic N) is 6. The van der Waals surface area contributed by atoms with E-state index in [0.717, 1.165) is 76.3 Å². The lowest BCUT2D eigenvalue weighted by Crippen LogP contribution is -2.04. The second kappa shape index (κ2) is 10.0. The Morgan fingerprint density at radius 3 is 1.96 bits per heavy atom. The van der Waals surface area contributed by atoms with Crippen LogP contribution in [-0.2, 0) is 0 Å². The zero-order valence-electron chi connectivity index (χ0n) is 25.9. The highest BCUT2D eigenvalue weighted by Crippen LogP contribution is 2.50. The van der Waals surface area contributed by atoms with E-state index < -0.39 is 0 Å². The Morgan fingerprint density at radius 1 is 0.531 bits per heavy atom. The van der Waals surface area contributed by atoms with E-state index in [0.29, 0.717) is 5.95 Å². The lowest BCUT2D eigenvalue weighted by Gasteiger charge is -2.13. The number of hydrogen-bond acceptors (Lipinski definition) is 5. The van der Waals surface area contributed by atoms with Gasteiger partial charge in [0.1, 0.15) is 6.33 Å². The van der Waals surface area contributed by atoms with Crippen molar-refractivity contribution in [1.82, 2.24) is 29.1 Å². The lowest BCUT2D eigenvalue weighted by atomic mass is 10.0. The Balaban J connectivity index is 1.44. The second-order valence-electron chi connectivity index (χ2n) is 12.3. The average Bonchev–Trinajstić information content (AvgIpc) is 3.83. The number of thiophene rings is 1. The molecule has 11 aromatic rings. The largest absolute Gasteiger partial charge is 0.308 e. The number of fused-ring (bicyclic) bond motifs is 13. The first-order valence-electron chi connectivity index (χ1n) is 16.2. The molecule has 0 saturated carbocycles. The van der Waals surface area contributed by atoms with Gasteiger partial charge in [0.15, 0.2) is 0 Å². The maximum absolute atomic E-state index is 5.40. The summed E-state index contributed by atoms with van der Waals surface area (Å²) in [6, 6.07) is 46.7. The molecule has 0 aliphatic rings. The highest BCUT2D eigenvalue weighted by molar-refractivity contribution is 7.27. The molecular weight excluding hydrogens is 621 g/mol. The molecular formula is C42H24N6S. The van der Waals surface area contributed by atoms with Gasteiger partial charge in [0, 0.05) is 54.5 Å². The molecule has 0 spiro atoms. The van der Waals surface area contributed by atoms with Crippen LogP contribution in [0.4, 0.5) is 0 Å². The Hall–Kier alpha value is -6.44. The minimum Gasteiger partial charge on any atom is -0.308 e. The van der Waals surface area contributed by atoms with Crippen molar-refractivity contribution in [3.8, 4) is 22.9 Å². The van der Waals surface area contributed by atoms with Crippen LogP contribution in [0.1, 0.15) is 0 Å². The van der Waals surface area contributed by atoms with Crippen molar-refractivity contribution in [2.24, 2.45) is 0 Å². The van der Waals surface area contributed by atoms with Gasteiger partial charge in [0.05, 0.1) is 43.5 Å². The molecule has 0 bridgehead atoms. The molecule has 0 atom stereocenters. The summed E-state index contributed by atoms with van der Waals surface area (Å²) in [6.45, 7) is 0. The van der Waals surface area contributed by atoms with E-state index in [-0.39, 0.29) is 0 Å². The van der Waals surface area contributed by atoms with Gasteiger partial charge in [-0.2, -0.15) is 0 Å². The predicted molar refractivity (Wildman–Crippen MR) is 202 cm³/mol. The van der Waals surface area contributed by atoms with Crippen LogP contribution in [-0.4, -0.2) is 29.1 Å². The fraction of sp³-hybridized carbons (Fsp3) is 0. The summed E-state index contributed by atoms with van der Waals surface area (Å²) in [4.78, 5) is 20.1. The third kappa shape index (κ3) is 3.65. The topological polar surface area (TPSA) is 61.4 Å². The first-order valence-corrected chi connectivity index (χ1v) is 17.1. The highest BCUT2D eigenvalue weighted by Gasteiger charge is 2.28. The van der Waals surface area contributed by atoms with Crippen LogP contribution in [0.15, 0.2) is 146 Å². The van der Waals surface area contributed by atoms with Crippen LogP contribution in [0.3, 0.4) is 0 Å². The molecule has 0 N–H and O–H groups in total. The van der Waals surface area contributed by atoms with Gasteiger partial charge >= 0.3 is 0 Å². The van der Waals surface area contributed by atoms with E-state index in [1.165, 1.54) is 15.5 Å². The highest BCUT2D eigenvalue weighted by atomic mass is 32.1. The van der Waals surface area contributed by atoms with Crippen molar-refractivity contribution >= 4 is 86.2 Å². The van der Waals surface area contributed by atoms with Gasteiger partial charge < -0.3 is 4.57 Å². The van der Waals surface area contributed by atoms with Crippen LogP contribution < -0.4 is 0 Å². The zero-order chi connectivity index (χ0) is 32.1. The fourth-order valence-corrected chi connectivity index (χ4v) is 8.89. The maximum Gasteiger partial charge on any atom is 0.235 e. The maximum atomic E-state index is 5.40. The molecule has 5 heterocycles. The molecule has 6 aromatic carbocycles. The molecule has 0 unspecified atom stereocenters. The normalized spacial score (nSPS) is 12.1. The van der Waals surface area contributed by atoms with Crippen LogP contribution >= 0.6 is 11.3 Å². The summed E-state index contributed by atoms with van der Waals surface area (Å²) in [5.74, 6) is 0.625. The van der Waals surface area contributed by atoms with Crippen LogP contribution in [0.5, 0.6) is 0 Å². The molecule has 0 saturated heterocycles. The molecule has 11 rings (SSSR count). The number of hydrogen-bond donors (Lipinski definition) is 0. The molecule has 228 valence electrons. The van der Waals surface area contributed by atoms with Crippen molar-refractivity contribution in [2.75, 3.05) is 0 Å². The Labute approximate surface area is 283 Å². The van der Waals surface area contributed by atoms with Crippen molar-refractivity contribution < 1.29 is 0 Å². The Kier molecular flexibility index (Phi) is 5.45. The van der Waals surface area contributed by atoms with Crippen molar-refractivity contribution in [3.05, 3.63) is 146 Å². The third-order valence-electron chi connectivity index (χ3n) is 9.66. The molecule has 49 heavy (non-hydrogen) atoms. The van der Waals surface area contributed by atoms with E-state index in [9.17, 15) is 0 Å². The number of aromatic nitrogens is 6. The van der Waals surface area contributed by atoms with E-state index in [1.54, 1.807) is 17.7 Å². The van der Waals surface area contributed by atoms with Gasteiger partial charge in [-0.3, -0.25) is 4.57 Å². The Bertz CT molecular complexity index is 3100. The molecule has 0 amide bonds. The number of rotatable bonds is 3. The van der Waals surface area contributed by atoms with E-state index in [2.05, 4.69) is 135 Å². The Morgan fingerprint density at radius 2 is 1.16 bits per heavy atom. The standard InChI is InChI=1S/C42H24N6S/c1-3-13-25(14-4-1)37-27-17-7-10-20-30(27)45-42(46-37)48-32-22-12-8-18-28(32)34-39-35(41-36(40(34)48)38-33(49-41)23-43-24-44-38)29-19-9-11-21-31(29)47(39)26-15-5-2-6-16-26/h1-24H. The molecule has 6 nitrogen and oxygen atoms in total. The second-order valence-corrected chi connectivity index (χ2v) is 13.3. The van der Waals surface area contributed by atoms with Gasteiger partial charge in [-0.15, -0.1) is 11.3 Å².